The van der Waals surface area contributed by atoms with E-state index >= 15 is 0 Å². The van der Waals surface area contributed by atoms with Gasteiger partial charge in [0.05, 0.1) is 13.2 Å². The highest BCUT2D eigenvalue weighted by atomic mass is 32.1. The minimum absolute atomic E-state index is 0.0494. The molecule has 96 valence electrons. The Morgan fingerprint density at radius 3 is 2.71 bits per heavy atom. The van der Waals surface area contributed by atoms with E-state index < -0.39 is 18.9 Å². The predicted octanol–water partition coefficient (Wildman–Crippen LogP) is -0.112. The van der Waals surface area contributed by atoms with Crippen molar-refractivity contribution >= 4 is 28.3 Å². The number of amides is 1. The molecule has 0 radical (unpaired) electrons. The zero-order chi connectivity index (χ0) is 13.0. The Hall–Kier alpha value is -1.48. The van der Waals surface area contributed by atoms with Gasteiger partial charge < -0.3 is 21.5 Å². The van der Waals surface area contributed by atoms with Gasteiger partial charge in [0, 0.05) is 6.54 Å². The van der Waals surface area contributed by atoms with Crippen molar-refractivity contribution in [3.05, 3.63) is 5.56 Å². The fraction of sp³-hybridized carbons (Fsp3) is 0.500. The first kappa shape index (κ1) is 13.6. The number of nitrogens with zero attached hydrogens (tertiary/aromatic N) is 2. The number of nitrogens with two attached hydrogens (primary N) is 2. The lowest BCUT2D eigenvalue weighted by Gasteiger charge is -2.21. The Labute approximate surface area is 100.0 Å². The molecule has 1 aromatic rings. The summed E-state index contributed by atoms with van der Waals surface area (Å²) >= 11 is 0.800. The van der Waals surface area contributed by atoms with Crippen LogP contribution < -0.4 is 16.4 Å². The van der Waals surface area contributed by atoms with E-state index in [1.54, 1.807) is 0 Å². The second-order valence-electron chi connectivity index (χ2n) is 3.17. The molecule has 0 saturated heterocycles. The number of carbonyl (C=O) groups excluding carboxylic acids is 1. The van der Waals surface area contributed by atoms with Crippen LogP contribution >= 0.6 is 11.5 Å². The standard InChI is InChI=1S/C8H12F2N4O2S/c9-4(10)3-14(1-2-15)8-5(7(12)16)6(11)13-17-8/h4,15H,1-3H2,(H2,11,13)(H2,12,16). The van der Waals surface area contributed by atoms with E-state index in [1.807, 2.05) is 0 Å². The van der Waals surface area contributed by atoms with E-state index in [1.165, 1.54) is 0 Å². The van der Waals surface area contributed by atoms with Gasteiger partial charge in [-0.05, 0) is 11.5 Å². The van der Waals surface area contributed by atoms with Crippen LogP contribution in [-0.2, 0) is 0 Å². The van der Waals surface area contributed by atoms with Gasteiger partial charge in [-0.25, -0.2) is 8.78 Å². The number of alkyl halides is 2. The topological polar surface area (TPSA) is 105 Å². The van der Waals surface area contributed by atoms with Gasteiger partial charge in [0.1, 0.15) is 10.6 Å². The molecule has 1 amide bonds. The second-order valence-corrected chi connectivity index (χ2v) is 3.92. The molecule has 1 rings (SSSR count). The van der Waals surface area contributed by atoms with Gasteiger partial charge in [-0.2, -0.15) is 4.37 Å². The highest BCUT2D eigenvalue weighted by Crippen LogP contribution is 2.30. The third-order valence-electron chi connectivity index (χ3n) is 1.96. The number of halogens is 2. The lowest BCUT2D eigenvalue weighted by Crippen LogP contribution is -2.32. The second kappa shape index (κ2) is 5.73. The number of aliphatic hydroxyl groups is 1. The molecule has 9 heteroatoms. The number of primary amides is 1. The Balaban J connectivity index is 3.05. The summed E-state index contributed by atoms with van der Waals surface area (Å²) in [6, 6.07) is 0. The largest absolute Gasteiger partial charge is 0.395 e. The summed E-state index contributed by atoms with van der Waals surface area (Å²) in [6.07, 6.45) is -2.61. The van der Waals surface area contributed by atoms with Crippen LogP contribution in [0.3, 0.4) is 0 Å². The Bertz CT molecular complexity index is 399. The number of hydrogen-bond acceptors (Lipinski definition) is 6. The van der Waals surface area contributed by atoms with Gasteiger partial charge in [-0.1, -0.05) is 0 Å². The van der Waals surface area contributed by atoms with E-state index in [0.717, 1.165) is 16.4 Å². The van der Waals surface area contributed by atoms with Gasteiger partial charge in [0.15, 0.2) is 5.82 Å². The lowest BCUT2D eigenvalue weighted by molar-refractivity contribution is 0.100. The van der Waals surface area contributed by atoms with Crippen molar-refractivity contribution in [3.8, 4) is 0 Å². The molecular weight excluding hydrogens is 254 g/mol. The van der Waals surface area contributed by atoms with Gasteiger partial charge in [-0.3, -0.25) is 4.79 Å². The highest BCUT2D eigenvalue weighted by Gasteiger charge is 2.23. The van der Waals surface area contributed by atoms with Gasteiger partial charge >= 0.3 is 0 Å². The van der Waals surface area contributed by atoms with Crippen molar-refractivity contribution < 1.29 is 18.7 Å². The molecule has 17 heavy (non-hydrogen) atoms. The van der Waals surface area contributed by atoms with Crippen molar-refractivity contribution in [1.82, 2.24) is 4.37 Å². The smallest absolute Gasteiger partial charge is 0.255 e. The van der Waals surface area contributed by atoms with Crippen molar-refractivity contribution in [2.45, 2.75) is 6.43 Å². The maximum absolute atomic E-state index is 12.3. The third-order valence-corrected chi connectivity index (χ3v) is 2.89. The summed E-state index contributed by atoms with van der Waals surface area (Å²) in [5, 5.41) is 8.95. The van der Waals surface area contributed by atoms with Crippen LogP contribution in [0.15, 0.2) is 0 Å². The van der Waals surface area contributed by atoms with Crippen LogP contribution in [0.25, 0.3) is 0 Å². The number of aromatic nitrogens is 1. The molecule has 0 fully saturated rings. The first-order valence-electron chi connectivity index (χ1n) is 4.66. The molecule has 0 spiro atoms. The van der Waals surface area contributed by atoms with E-state index in [2.05, 4.69) is 4.37 Å². The molecular formula is C8H12F2N4O2S. The first-order chi connectivity index (χ1) is 7.97. The minimum Gasteiger partial charge on any atom is -0.395 e. The average Bonchev–Trinajstić information content (AvgIpc) is 2.58. The minimum atomic E-state index is -2.61. The van der Waals surface area contributed by atoms with Crippen LogP contribution in [0, 0.1) is 0 Å². The number of rotatable bonds is 6. The van der Waals surface area contributed by atoms with Gasteiger partial charge in [-0.15, -0.1) is 0 Å². The zero-order valence-electron chi connectivity index (χ0n) is 8.77. The number of carbonyl (C=O) groups is 1. The molecule has 0 aromatic carbocycles. The molecule has 0 atom stereocenters. The van der Waals surface area contributed by atoms with Gasteiger partial charge in [0.25, 0.3) is 12.3 Å². The number of aliphatic hydroxyl groups excluding tert-OH is 1. The highest BCUT2D eigenvalue weighted by molar-refractivity contribution is 7.11. The summed E-state index contributed by atoms with van der Waals surface area (Å²) in [5.74, 6) is -0.918. The van der Waals surface area contributed by atoms with Crippen molar-refractivity contribution in [3.63, 3.8) is 0 Å². The SMILES string of the molecule is NC(=O)c1c(N)nsc1N(CCO)CC(F)F. The molecule has 0 aliphatic carbocycles. The fourth-order valence-electron chi connectivity index (χ4n) is 1.30. The molecule has 0 aliphatic rings. The molecule has 6 nitrogen and oxygen atoms in total. The summed E-state index contributed by atoms with van der Waals surface area (Å²) < 4.78 is 28.4. The van der Waals surface area contributed by atoms with E-state index in [-0.39, 0.29) is 29.5 Å². The monoisotopic (exact) mass is 266 g/mol. The van der Waals surface area contributed by atoms with Crippen molar-refractivity contribution in [2.24, 2.45) is 5.73 Å². The molecule has 1 aromatic heterocycles. The van der Waals surface area contributed by atoms with Crippen LogP contribution in [0.4, 0.5) is 19.6 Å². The molecule has 0 saturated carbocycles. The van der Waals surface area contributed by atoms with E-state index in [4.69, 9.17) is 16.6 Å². The van der Waals surface area contributed by atoms with Crippen molar-refractivity contribution in [1.29, 1.82) is 0 Å². The Morgan fingerprint density at radius 2 is 2.24 bits per heavy atom. The molecule has 0 unspecified atom stereocenters. The van der Waals surface area contributed by atoms with Crippen LogP contribution in [0.2, 0.25) is 0 Å². The van der Waals surface area contributed by atoms with Gasteiger partial charge in [0.2, 0.25) is 0 Å². The van der Waals surface area contributed by atoms with Crippen LogP contribution in [0.1, 0.15) is 10.4 Å². The fourth-order valence-corrected chi connectivity index (χ4v) is 2.16. The maximum Gasteiger partial charge on any atom is 0.255 e. The number of nitrogen functional groups attached to an aromatic ring is 1. The third kappa shape index (κ3) is 3.24. The Kier molecular flexibility index (Phi) is 4.58. The van der Waals surface area contributed by atoms with E-state index in [0.29, 0.717) is 0 Å². The Morgan fingerprint density at radius 1 is 1.59 bits per heavy atom. The first-order valence-corrected chi connectivity index (χ1v) is 5.43. The predicted molar refractivity (Wildman–Crippen MR) is 60.3 cm³/mol. The van der Waals surface area contributed by atoms with Crippen LogP contribution in [0.5, 0.6) is 0 Å². The average molecular weight is 266 g/mol. The van der Waals surface area contributed by atoms with Crippen molar-refractivity contribution in [2.75, 3.05) is 30.3 Å². The lowest BCUT2D eigenvalue weighted by atomic mass is 10.3. The normalized spacial score (nSPS) is 10.8. The molecule has 0 bridgehead atoms. The number of anilines is 2. The quantitative estimate of drug-likeness (QED) is 0.666. The summed E-state index contributed by atoms with van der Waals surface area (Å²) in [6.45, 7) is -1.00. The van der Waals surface area contributed by atoms with E-state index in [9.17, 15) is 13.6 Å². The number of hydrogen-bond donors (Lipinski definition) is 3. The summed E-state index contributed by atoms with van der Waals surface area (Å²) in [7, 11) is 0. The molecule has 0 aliphatic heterocycles. The zero-order valence-corrected chi connectivity index (χ0v) is 9.58. The molecule has 1 heterocycles. The van der Waals surface area contributed by atoms with Crippen LogP contribution in [-0.4, -0.2) is 41.5 Å². The summed E-state index contributed by atoms with van der Waals surface area (Å²) in [5.41, 5.74) is 10.4. The maximum atomic E-state index is 12.3. The summed E-state index contributed by atoms with van der Waals surface area (Å²) in [4.78, 5) is 12.3. The molecule has 5 N–H and O–H groups in total.